The predicted octanol–water partition coefficient (Wildman–Crippen LogP) is 3.33. The number of benzene rings is 2. The fraction of sp³-hybridized carbons (Fsp3) is 0.188. The predicted molar refractivity (Wildman–Crippen MR) is 73.5 cm³/mol. The minimum atomic E-state index is -0.716. The summed E-state index contributed by atoms with van der Waals surface area (Å²) in [5, 5.41) is 2.59. The summed E-state index contributed by atoms with van der Waals surface area (Å²) in [6.45, 7) is 0.420. The van der Waals surface area contributed by atoms with Crippen molar-refractivity contribution in [1.29, 1.82) is 0 Å². The molecule has 0 bridgehead atoms. The molecule has 0 aliphatic heterocycles. The van der Waals surface area contributed by atoms with Gasteiger partial charge in [-0.3, -0.25) is 4.79 Å². The van der Waals surface area contributed by atoms with Crippen LogP contribution in [0.5, 0.6) is 0 Å². The first-order valence-electron chi connectivity index (χ1n) is 6.44. The lowest BCUT2D eigenvalue weighted by Crippen LogP contribution is -2.25. The van der Waals surface area contributed by atoms with Gasteiger partial charge in [0.05, 0.1) is 5.56 Å². The second-order valence-corrected chi connectivity index (χ2v) is 4.47. The minimum absolute atomic E-state index is 0.260. The Morgan fingerprint density at radius 2 is 1.80 bits per heavy atom. The first kappa shape index (κ1) is 14.2. The summed E-state index contributed by atoms with van der Waals surface area (Å²) in [4.78, 5) is 11.7. The number of hydrogen-bond donors (Lipinski definition) is 1. The maximum atomic E-state index is 13.4. The van der Waals surface area contributed by atoms with Gasteiger partial charge in [0.25, 0.3) is 5.91 Å². The van der Waals surface area contributed by atoms with Crippen LogP contribution in [0, 0.1) is 11.6 Å². The smallest absolute Gasteiger partial charge is 0.254 e. The third-order valence-corrected chi connectivity index (χ3v) is 2.94. The number of aryl methyl sites for hydroxylation is 1. The van der Waals surface area contributed by atoms with Crippen molar-refractivity contribution in [2.24, 2.45) is 0 Å². The normalized spacial score (nSPS) is 10.3. The second-order valence-electron chi connectivity index (χ2n) is 4.47. The fourth-order valence-electron chi connectivity index (χ4n) is 1.91. The monoisotopic (exact) mass is 275 g/mol. The summed E-state index contributed by atoms with van der Waals surface area (Å²) < 4.78 is 26.3. The van der Waals surface area contributed by atoms with Gasteiger partial charge < -0.3 is 5.32 Å². The third-order valence-electron chi connectivity index (χ3n) is 2.94. The average Bonchev–Trinajstić information content (AvgIpc) is 2.47. The van der Waals surface area contributed by atoms with Crippen LogP contribution in [-0.2, 0) is 6.42 Å². The summed E-state index contributed by atoms with van der Waals surface area (Å²) in [7, 11) is 0. The van der Waals surface area contributed by atoms with Gasteiger partial charge in [-0.2, -0.15) is 0 Å². The van der Waals surface area contributed by atoms with Crippen LogP contribution in [0.2, 0.25) is 0 Å². The van der Waals surface area contributed by atoms with E-state index >= 15 is 0 Å². The zero-order chi connectivity index (χ0) is 14.4. The Balaban J connectivity index is 1.82. The Morgan fingerprint density at radius 3 is 2.55 bits per heavy atom. The Kier molecular flexibility index (Phi) is 4.82. The molecule has 0 spiro atoms. The molecular weight excluding hydrogens is 260 g/mol. The van der Waals surface area contributed by atoms with Crippen LogP contribution in [0.15, 0.2) is 48.5 Å². The van der Waals surface area contributed by atoms with Gasteiger partial charge in [0, 0.05) is 6.54 Å². The Hall–Kier alpha value is -2.23. The molecule has 0 aliphatic rings. The SMILES string of the molecule is O=C(NCCCc1ccccc1)c1cc(F)ccc1F. The van der Waals surface area contributed by atoms with Gasteiger partial charge in [-0.05, 0) is 36.6 Å². The maximum absolute atomic E-state index is 13.4. The molecule has 20 heavy (non-hydrogen) atoms. The molecule has 0 fully saturated rings. The number of amides is 1. The van der Waals surface area contributed by atoms with E-state index in [-0.39, 0.29) is 5.56 Å². The van der Waals surface area contributed by atoms with Crippen LogP contribution in [0.3, 0.4) is 0 Å². The van der Waals surface area contributed by atoms with Crippen LogP contribution in [0.25, 0.3) is 0 Å². The highest BCUT2D eigenvalue weighted by atomic mass is 19.1. The lowest BCUT2D eigenvalue weighted by Gasteiger charge is -2.06. The molecule has 2 aromatic rings. The van der Waals surface area contributed by atoms with Crippen LogP contribution >= 0.6 is 0 Å². The van der Waals surface area contributed by atoms with Crippen molar-refractivity contribution in [1.82, 2.24) is 5.32 Å². The van der Waals surface area contributed by atoms with E-state index in [0.717, 1.165) is 31.0 Å². The van der Waals surface area contributed by atoms with Gasteiger partial charge in [-0.15, -0.1) is 0 Å². The van der Waals surface area contributed by atoms with Crippen molar-refractivity contribution in [2.75, 3.05) is 6.54 Å². The van der Waals surface area contributed by atoms with E-state index in [1.54, 1.807) is 0 Å². The summed E-state index contributed by atoms with van der Waals surface area (Å²) >= 11 is 0. The van der Waals surface area contributed by atoms with E-state index in [0.29, 0.717) is 6.54 Å². The molecule has 1 N–H and O–H groups in total. The highest BCUT2D eigenvalue weighted by molar-refractivity contribution is 5.94. The molecule has 0 atom stereocenters. The molecule has 0 aliphatic carbocycles. The molecule has 0 radical (unpaired) electrons. The van der Waals surface area contributed by atoms with E-state index in [1.165, 1.54) is 5.56 Å². The number of rotatable bonds is 5. The van der Waals surface area contributed by atoms with Gasteiger partial charge in [0.2, 0.25) is 0 Å². The van der Waals surface area contributed by atoms with Crippen molar-refractivity contribution < 1.29 is 13.6 Å². The molecule has 2 rings (SSSR count). The molecule has 104 valence electrons. The molecule has 0 saturated heterocycles. The van der Waals surface area contributed by atoms with Gasteiger partial charge in [-0.25, -0.2) is 8.78 Å². The van der Waals surface area contributed by atoms with E-state index in [9.17, 15) is 13.6 Å². The van der Waals surface area contributed by atoms with E-state index in [2.05, 4.69) is 5.32 Å². The van der Waals surface area contributed by atoms with Crippen molar-refractivity contribution in [2.45, 2.75) is 12.8 Å². The van der Waals surface area contributed by atoms with Crippen molar-refractivity contribution >= 4 is 5.91 Å². The van der Waals surface area contributed by atoms with Gasteiger partial charge in [0.1, 0.15) is 11.6 Å². The number of carbonyl (C=O) groups is 1. The first-order chi connectivity index (χ1) is 9.66. The quantitative estimate of drug-likeness (QED) is 0.833. The number of carbonyl (C=O) groups excluding carboxylic acids is 1. The van der Waals surface area contributed by atoms with E-state index in [4.69, 9.17) is 0 Å². The molecule has 0 heterocycles. The summed E-state index contributed by atoms with van der Waals surface area (Å²) in [6.07, 6.45) is 1.57. The lowest BCUT2D eigenvalue weighted by atomic mass is 10.1. The summed E-state index contributed by atoms with van der Waals surface area (Å²) in [5.74, 6) is -1.93. The summed E-state index contributed by atoms with van der Waals surface area (Å²) in [5.41, 5.74) is 0.920. The minimum Gasteiger partial charge on any atom is -0.352 e. The van der Waals surface area contributed by atoms with Gasteiger partial charge in [0.15, 0.2) is 0 Å². The first-order valence-corrected chi connectivity index (χ1v) is 6.44. The fourth-order valence-corrected chi connectivity index (χ4v) is 1.91. The number of hydrogen-bond acceptors (Lipinski definition) is 1. The van der Waals surface area contributed by atoms with Crippen LogP contribution in [0.1, 0.15) is 22.3 Å². The standard InChI is InChI=1S/C16H15F2NO/c17-13-8-9-15(18)14(11-13)16(20)19-10-4-7-12-5-2-1-3-6-12/h1-3,5-6,8-9,11H,4,7,10H2,(H,19,20). The Morgan fingerprint density at radius 1 is 1.05 bits per heavy atom. The molecule has 2 nitrogen and oxygen atoms in total. The molecule has 0 aromatic heterocycles. The molecule has 0 saturated carbocycles. The van der Waals surface area contributed by atoms with Crippen molar-refractivity contribution in [3.05, 3.63) is 71.3 Å². The number of nitrogens with one attached hydrogen (secondary N) is 1. The summed E-state index contributed by atoms with van der Waals surface area (Å²) in [6, 6.07) is 12.7. The zero-order valence-corrected chi connectivity index (χ0v) is 10.9. The Bertz CT molecular complexity index is 584. The zero-order valence-electron chi connectivity index (χ0n) is 10.9. The highest BCUT2D eigenvalue weighted by Crippen LogP contribution is 2.09. The van der Waals surface area contributed by atoms with Crippen molar-refractivity contribution in [3.63, 3.8) is 0 Å². The molecular formula is C16H15F2NO. The van der Waals surface area contributed by atoms with E-state index < -0.39 is 17.5 Å². The molecule has 2 aromatic carbocycles. The molecule has 0 unspecified atom stereocenters. The van der Waals surface area contributed by atoms with Crippen LogP contribution < -0.4 is 5.32 Å². The highest BCUT2D eigenvalue weighted by Gasteiger charge is 2.11. The van der Waals surface area contributed by atoms with Gasteiger partial charge >= 0.3 is 0 Å². The number of halogens is 2. The van der Waals surface area contributed by atoms with E-state index in [1.807, 2.05) is 30.3 Å². The average molecular weight is 275 g/mol. The van der Waals surface area contributed by atoms with Crippen molar-refractivity contribution in [3.8, 4) is 0 Å². The van der Waals surface area contributed by atoms with Gasteiger partial charge in [-0.1, -0.05) is 30.3 Å². The maximum Gasteiger partial charge on any atom is 0.254 e. The topological polar surface area (TPSA) is 29.1 Å². The van der Waals surface area contributed by atoms with Crippen LogP contribution in [0.4, 0.5) is 8.78 Å². The molecule has 4 heteroatoms. The molecule has 1 amide bonds. The van der Waals surface area contributed by atoms with Crippen LogP contribution in [-0.4, -0.2) is 12.5 Å². The second kappa shape index (κ2) is 6.80. The Labute approximate surface area is 116 Å². The largest absolute Gasteiger partial charge is 0.352 e. The lowest BCUT2D eigenvalue weighted by molar-refractivity contribution is 0.0948. The third kappa shape index (κ3) is 3.88.